The number of carbonyl (C=O) groups is 1. The van der Waals surface area contributed by atoms with Crippen LogP contribution in [0.2, 0.25) is 0 Å². The van der Waals surface area contributed by atoms with Crippen LogP contribution in [-0.4, -0.2) is 38.7 Å². The van der Waals surface area contributed by atoms with Gasteiger partial charge in [-0.1, -0.05) is 6.07 Å². The average Bonchev–Trinajstić information content (AvgIpc) is 2.92. The number of benzene rings is 1. The van der Waals surface area contributed by atoms with Crippen LogP contribution in [0.5, 0.6) is 0 Å². The standard InChI is InChI=1S/C16H20N4O3S/c1-16(2,11-17)15(21)18-12-6-4-7-13(10-12)24(22,23)19-14-8-5-9-20(14)3/h4,6-7,10H,5,8-9H2,1-3H3,(H,18,21)/b19-14+. The minimum atomic E-state index is -3.85. The van der Waals surface area contributed by atoms with Crippen molar-refractivity contribution < 1.29 is 13.2 Å². The largest absolute Gasteiger partial charge is 0.362 e. The lowest BCUT2D eigenvalue weighted by molar-refractivity contribution is -0.121. The van der Waals surface area contributed by atoms with E-state index < -0.39 is 21.3 Å². The maximum Gasteiger partial charge on any atom is 0.284 e. The Hall–Kier alpha value is -2.40. The molecule has 1 aromatic rings. The maximum atomic E-state index is 12.4. The summed E-state index contributed by atoms with van der Waals surface area (Å²) in [5, 5.41) is 11.5. The fourth-order valence-corrected chi connectivity index (χ4v) is 3.31. The SMILES string of the molecule is CN1CCC/C1=N\S(=O)(=O)c1cccc(NC(=O)C(C)(C)C#N)c1. The van der Waals surface area contributed by atoms with Gasteiger partial charge in [-0.25, -0.2) is 0 Å². The van der Waals surface area contributed by atoms with E-state index in [1.165, 1.54) is 32.0 Å². The van der Waals surface area contributed by atoms with Crippen molar-refractivity contribution >= 4 is 27.5 Å². The Kier molecular flexibility index (Phi) is 4.94. The van der Waals surface area contributed by atoms with E-state index in [-0.39, 0.29) is 4.90 Å². The Bertz CT molecular complexity index is 822. The molecule has 1 aliphatic heterocycles. The van der Waals surface area contributed by atoms with Gasteiger partial charge in [-0.2, -0.15) is 13.7 Å². The molecule has 0 aliphatic carbocycles. The highest BCUT2D eigenvalue weighted by molar-refractivity contribution is 7.90. The molecule has 128 valence electrons. The molecule has 1 aliphatic rings. The summed E-state index contributed by atoms with van der Waals surface area (Å²) in [5.74, 6) is 0.0384. The second kappa shape index (κ2) is 6.61. The van der Waals surface area contributed by atoms with Crippen LogP contribution in [0.4, 0.5) is 5.69 Å². The number of hydrogen-bond acceptors (Lipinski definition) is 4. The zero-order valence-electron chi connectivity index (χ0n) is 13.9. The molecule has 0 bridgehead atoms. The number of rotatable bonds is 4. The van der Waals surface area contributed by atoms with E-state index in [1.807, 2.05) is 18.0 Å². The first-order valence-corrected chi connectivity index (χ1v) is 8.97. The van der Waals surface area contributed by atoms with Gasteiger partial charge in [0.1, 0.15) is 11.3 Å². The lowest BCUT2D eigenvalue weighted by Crippen LogP contribution is -2.29. The van der Waals surface area contributed by atoms with Gasteiger partial charge in [-0.05, 0) is 38.5 Å². The van der Waals surface area contributed by atoms with Crippen molar-refractivity contribution in [2.24, 2.45) is 9.81 Å². The lowest BCUT2D eigenvalue weighted by Gasteiger charge is -2.15. The molecule has 0 spiro atoms. The summed E-state index contributed by atoms with van der Waals surface area (Å²) in [7, 11) is -2.04. The number of nitriles is 1. The smallest absolute Gasteiger partial charge is 0.284 e. The average molecular weight is 348 g/mol. The van der Waals surface area contributed by atoms with Gasteiger partial charge in [0, 0.05) is 25.7 Å². The first-order chi connectivity index (χ1) is 11.2. The molecule has 0 radical (unpaired) electrons. The first-order valence-electron chi connectivity index (χ1n) is 7.53. The van der Waals surface area contributed by atoms with Crippen molar-refractivity contribution in [1.29, 1.82) is 5.26 Å². The number of anilines is 1. The third-order valence-electron chi connectivity index (χ3n) is 3.80. The van der Waals surface area contributed by atoms with Gasteiger partial charge in [-0.3, -0.25) is 4.79 Å². The van der Waals surface area contributed by atoms with Crippen molar-refractivity contribution in [3.63, 3.8) is 0 Å². The second-order valence-corrected chi connectivity index (χ2v) is 7.83. The number of amidine groups is 1. The minimum absolute atomic E-state index is 0.00265. The van der Waals surface area contributed by atoms with Crippen LogP contribution in [0.25, 0.3) is 0 Å². The van der Waals surface area contributed by atoms with Crippen LogP contribution in [0.1, 0.15) is 26.7 Å². The highest BCUT2D eigenvalue weighted by atomic mass is 32.2. The summed E-state index contributed by atoms with van der Waals surface area (Å²) in [6, 6.07) is 7.78. The number of likely N-dealkylation sites (tertiary alicyclic amines) is 1. The van der Waals surface area contributed by atoms with Crippen LogP contribution in [0.3, 0.4) is 0 Å². The Morgan fingerprint density at radius 1 is 1.42 bits per heavy atom. The van der Waals surface area contributed by atoms with Gasteiger partial charge in [0.15, 0.2) is 0 Å². The van der Waals surface area contributed by atoms with Gasteiger partial charge in [0.05, 0.1) is 11.0 Å². The summed E-state index contributed by atoms with van der Waals surface area (Å²) in [6.07, 6.45) is 1.51. The normalized spacial score (nSPS) is 16.9. The van der Waals surface area contributed by atoms with Gasteiger partial charge >= 0.3 is 0 Å². The van der Waals surface area contributed by atoms with Crippen LogP contribution in [0.15, 0.2) is 33.6 Å². The van der Waals surface area contributed by atoms with Crippen LogP contribution >= 0.6 is 0 Å². The van der Waals surface area contributed by atoms with Crippen molar-refractivity contribution in [2.45, 2.75) is 31.6 Å². The number of sulfonamides is 1. The molecule has 0 unspecified atom stereocenters. The highest BCUT2D eigenvalue weighted by Gasteiger charge is 2.27. The van der Waals surface area contributed by atoms with E-state index in [2.05, 4.69) is 9.71 Å². The molecule has 8 heteroatoms. The summed E-state index contributed by atoms with van der Waals surface area (Å²) in [4.78, 5) is 13.9. The molecule has 7 nitrogen and oxygen atoms in total. The molecule has 1 heterocycles. The van der Waals surface area contributed by atoms with Crippen molar-refractivity contribution in [2.75, 3.05) is 18.9 Å². The Balaban J connectivity index is 2.27. The van der Waals surface area contributed by atoms with E-state index in [9.17, 15) is 13.2 Å². The highest BCUT2D eigenvalue weighted by Crippen LogP contribution is 2.22. The second-order valence-electron chi connectivity index (χ2n) is 6.23. The maximum absolute atomic E-state index is 12.4. The molecule has 24 heavy (non-hydrogen) atoms. The van der Waals surface area contributed by atoms with E-state index >= 15 is 0 Å². The fourth-order valence-electron chi connectivity index (χ4n) is 2.17. The van der Waals surface area contributed by atoms with Crippen LogP contribution < -0.4 is 5.32 Å². The Labute approximate surface area is 142 Å². The molecule has 0 atom stereocenters. The third-order valence-corrected chi connectivity index (χ3v) is 5.10. The van der Waals surface area contributed by atoms with Crippen LogP contribution in [0, 0.1) is 16.7 Å². The van der Waals surface area contributed by atoms with Gasteiger partial charge in [-0.15, -0.1) is 4.40 Å². The molecule has 1 saturated heterocycles. The van der Waals surface area contributed by atoms with Crippen molar-refractivity contribution in [1.82, 2.24) is 4.90 Å². The fraction of sp³-hybridized carbons (Fsp3) is 0.438. The van der Waals surface area contributed by atoms with E-state index in [1.54, 1.807) is 6.07 Å². The van der Waals surface area contributed by atoms with Gasteiger partial charge in [0.2, 0.25) is 5.91 Å². The third kappa shape index (κ3) is 3.92. The monoisotopic (exact) mass is 348 g/mol. The number of hydrogen-bond donors (Lipinski definition) is 1. The van der Waals surface area contributed by atoms with Crippen LogP contribution in [-0.2, 0) is 14.8 Å². The Morgan fingerprint density at radius 2 is 2.12 bits per heavy atom. The van der Waals surface area contributed by atoms with E-state index in [0.29, 0.717) is 17.9 Å². The molecule has 1 fully saturated rings. The first kappa shape index (κ1) is 17.9. The predicted octanol–water partition coefficient (Wildman–Crippen LogP) is 1.99. The molecule has 2 rings (SSSR count). The minimum Gasteiger partial charge on any atom is -0.362 e. The number of nitrogens with zero attached hydrogens (tertiary/aromatic N) is 3. The number of carbonyl (C=O) groups excluding carboxylic acids is 1. The van der Waals surface area contributed by atoms with E-state index in [4.69, 9.17) is 5.26 Å². The quantitative estimate of drug-likeness (QED) is 0.896. The van der Waals surface area contributed by atoms with Crippen molar-refractivity contribution in [3.05, 3.63) is 24.3 Å². The topological polar surface area (TPSA) is 103 Å². The predicted molar refractivity (Wildman–Crippen MR) is 91.0 cm³/mol. The van der Waals surface area contributed by atoms with Gasteiger partial charge < -0.3 is 10.2 Å². The van der Waals surface area contributed by atoms with Gasteiger partial charge in [0.25, 0.3) is 10.0 Å². The zero-order valence-corrected chi connectivity index (χ0v) is 14.7. The van der Waals surface area contributed by atoms with Crippen molar-refractivity contribution in [3.8, 4) is 6.07 Å². The summed E-state index contributed by atoms with van der Waals surface area (Å²) >= 11 is 0. The molecule has 1 aromatic carbocycles. The summed E-state index contributed by atoms with van der Waals surface area (Å²) < 4.78 is 28.8. The number of amides is 1. The molecule has 0 aromatic heterocycles. The molecule has 1 N–H and O–H groups in total. The summed E-state index contributed by atoms with van der Waals surface area (Å²) in [6.45, 7) is 3.77. The molecular formula is C16H20N4O3S. The number of nitrogens with one attached hydrogen (secondary N) is 1. The van der Waals surface area contributed by atoms with E-state index in [0.717, 1.165) is 13.0 Å². The zero-order chi connectivity index (χ0) is 18.0. The molecule has 0 saturated carbocycles. The molecule has 1 amide bonds. The Morgan fingerprint density at radius 3 is 2.71 bits per heavy atom. The summed E-state index contributed by atoms with van der Waals surface area (Å²) in [5.41, 5.74) is -0.897. The molecular weight excluding hydrogens is 328 g/mol. The lowest BCUT2D eigenvalue weighted by atomic mass is 9.95.